The second-order valence-electron chi connectivity index (χ2n) is 5.28. The van der Waals surface area contributed by atoms with Gasteiger partial charge in [0.05, 0.1) is 21.7 Å². The van der Waals surface area contributed by atoms with Gasteiger partial charge in [0.2, 0.25) is 0 Å². The molecule has 2 unspecified atom stereocenters. The summed E-state index contributed by atoms with van der Waals surface area (Å²) in [4.78, 5) is 0.167. The molecule has 1 aliphatic heterocycles. The van der Waals surface area contributed by atoms with Gasteiger partial charge in [0.25, 0.3) is 0 Å². The molecule has 21 heavy (non-hydrogen) atoms. The minimum atomic E-state index is -3.68. The van der Waals surface area contributed by atoms with Crippen LogP contribution in [0, 0.1) is 6.92 Å². The predicted octanol–water partition coefficient (Wildman–Crippen LogP) is 0.710. The van der Waals surface area contributed by atoms with Crippen LogP contribution in [0.1, 0.15) is 5.56 Å². The van der Waals surface area contributed by atoms with Gasteiger partial charge in [-0.1, -0.05) is 23.8 Å². The average Bonchev–Trinajstić information content (AvgIpc) is 2.73. The van der Waals surface area contributed by atoms with E-state index in [2.05, 4.69) is 11.9 Å². The van der Waals surface area contributed by atoms with E-state index in [1.807, 2.05) is 6.92 Å². The van der Waals surface area contributed by atoms with Crippen LogP contribution in [0.2, 0.25) is 0 Å². The molecule has 1 saturated heterocycles. The van der Waals surface area contributed by atoms with Crippen molar-refractivity contribution in [3.63, 3.8) is 0 Å². The molecular formula is C14H19NO4S2. The highest BCUT2D eigenvalue weighted by Crippen LogP contribution is 2.26. The largest absolute Gasteiger partial charge is 0.308 e. The van der Waals surface area contributed by atoms with Crippen LogP contribution in [0.15, 0.2) is 41.8 Å². The summed E-state index contributed by atoms with van der Waals surface area (Å²) in [6.45, 7) is 5.79. The Morgan fingerprint density at radius 1 is 1.29 bits per heavy atom. The molecule has 1 fully saturated rings. The standard InChI is InChI=1S/C14H19NO4S2/c1-3-8-15-13-9-20(16,17)10-14(13)21(18,19)12-6-4-11(2)5-7-12/h3-7,13-15H,1,8-10H2,2H3. The van der Waals surface area contributed by atoms with Crippen LogP contribution in [0.5, 0.6) is 0 Å². The fourth-order valence-corrected chi connectivity index (χ4v) is 7.17. The molecular weight excluding hydrogens is 310 g/mol. The molecule has 0 bridgehead atoms. The zero-order chi connectivity index (χ0) is 15.7. The number of nitrogens with one attached hydrogen (secondary N) is 1. The van der Waals surface area contributed by atoms with E-state index in [9.17, 15) is 16.8 Å². The van der Waals surface area contributed by atoms with Crippen molar-refractivity contribution in [3.05, 3.63) is 42.5 Å². The van der Waals surface area contributed by atoms with Crippen LogP contribution in [-0.2, 0) is 19.7 Å². The molecule has 1 aliphatic rings. The van der Waals surface area contributed by atoms with Crippen molar-refractivity contribution in [2.75, 3.05) is 18.1 Å². The summed E-state index contributed by atoms with van der Waals surface area (Å²) >= 11 is 0. The topological polar surface area (TPSA) is 80.3 Å². The first-order valence-electron chi connectivity index (χ1n) is 6.61. The number of hydrogen-bond acceptors (Lipinski definition) is 5. The van der Waals surface area contributed by atoms with Crippen LogP contribution in [0.3, 0.4) is 0 Å². The minimum Gasteiger partial charge on any atom is -0.308 e. The summed E-state index contributed by atoms with van der Waals surface area (Å²) in [6.07, 6.45) is 1.58. The van der Waals surface area contributed by atoms with Gasteiger partial charge in [-0.05, 0) is 19.1 Å². The molecule has 7 heteroatoms. The van der Waals surface area contributed by atoms with Gasteiger partial charge in [0.15, 0.2) is 19.7 Å². The van der Waals surface area contributed by atoms with Gasteiger partial charge in [0.1, 0.15) is 0 Å². The Morgan fingerprint density at radius 2 is 1.90 bits per heavy atom. The van der Waals surface area contributed by atoms with Gasteiger partial charge in [-0.2, -0.15) is 0 Å². The predicted molar refractivity (Wildman–Crippen MR) is 82.8 cm³/mol. The van der Waals surface area contributed by atoms with Crippen molar-refractivity contribution in [2.24, 2.45) is 0 Å². The minimum absolute atomic E-state index is 0.156. The summed E-state index contributed by atoms with van der Waals surface area (Å²) in [5, 5.41) is 1.99. The van der Waals surface area contributed by atoms with E-state index < -0.39 is 31.0 Å². The molecule has 1 heterocycles. The van der Waals surface area contributed by atoms with E-state index in [1.165, 1.54) is 12.1 Å². The Balaban J connectivity index is 2.36. The zero-order valence-electron chi connectivity index (χ0n) is 11.8. The second kappa shape index (κ2) is 5.90. The lowest BCUT2D eigenvalue weighted by Crippen LogP contribution is -2.43. The fourth-order valence-electron chi connectivity index (χ4n) is 2.45. The molecule has 2 rings (SSSR count). The van der Waals surface area contributed by atoms with Crippen molar-refractivity contribution in [3.8, 4) is 0 Å². The molecule has 1 N–H and O–H groups in total. The van der Waals surface area contributed by atoms with Gasteiger partial charge in [0, 0.05) is 12.6 Å². The van der Waals surface area contributed by atoms with E-state index in [0.29, 0.717) is 6.54 Å². The lowest BCUT2D eigenvalue weighted by Gasteiger charge is -2.19. The van der Waals surface area contributed by atoms with Gasteiger partial charge in [-0.25, -0.2) is 16.8 Å². The number of rotatable bonds is 5. The van der Waals surface area contributed by atoms with Crippen LogP contribution in [0.4, 0.5) is 0 Å². The van der Waals surface area contributed by atoms with Gasteiger partial charge in [-0.15, -0.1) is 6.58 Å². The van der Waals surface area contributed by atoms with Crippen LogP contribution in [0.25, 0.3) is 0 Å². The first kappa shape index (κ1) is 16.2. The van der Waals surface area contributed by atoms with Crippen molar-refractivity contribution >= 4 is 19.7 Å². The third-order valence-electron chi connectivity index (χ3n) is 3.57. The summed E-state index contributed by atoms with van der Waals surface area (Å²) < 4.78 is 49.0. The van der Waals surface area contributed by atoms with E-state index in [0.717, 1.165) is 5.56 Å². The molecule has 0 aromatic heterocycles. The van der Waals surface area contributed by atoms with Crippen LogP contribution in [-0.4, -0.2) is 46.2 Å². The Bertz CT molecular complexity index is 721. The molecule has 0 saturated carbocycles. The number of hydrogen-bond donors (Lipinski definition) is 1. The van der Waals surface area contributed by atoms with Crippen LogP contribution < -0.4 is 5.32 Å². The van der Waals surface area contributed by atoms with Crippen molar-refractivity contribution in [2.45, 2.75) is 23.1 Å². The Morgan fingerprint density at radius 3 is 2.48 bits per heavy atom. The highest BCUT2D eigenvalue weighted by atomic mass is 32.2. The molecule has 1 aromatic carbocycles. The van der Waals surface area contributed by atoms with E-state index >= 15 is 0 Å². The van der Waals surface area contributed by atoms with Gasteiger partial charge < -0.3 is 5.32 Å². The Kier molecular flexibility index (Phi) is 4.55. The van der Waals surface area contributed by atoms with Gasteiger partial charge in [-0.3, -0.25) is 0 Å². The lowest BCUT2D eigenvalue weighted by molar-refractivity contribution is 0.544. The first-order chi connectivity index (χ1) is 9.76. The molecule has 2 atom stereocenters. The van der Waals surface area contributed by atoms with Crippen molar-refractivity contribution < 1.29 is 16.8 Å². The maximum Gasteiger partial charge on any atom is 0.183 e. The van der Waals surface area contributed by atoms with Crippen molar-refractivity contribution in [1.82, 2.24) is 5.32 Å². The van der Waals surface area contributed by atoms with E-state index in [1.54, 1.807) is 18.2 Å². The monoisotopic (exact) mass is 329 g/mol. The first-order valence-corrected chi connectivity index (χ1v) is 9.98. The maximum absolute atomic E-state index is 12.7. The smallest absolute Gasteiger partial charge is 0.183 e. The molecule has 5 nitrogen and oxygen atoms in total. The number of benzene rings is 1. The quantitative estimate of drug-likeness (QED) is 0.805. The molecule has 0 spiro atoms. The highest BCUT2D eigenvalue weighted by molar-refractivity contribution is 7.96. The number of aryl methyl sites for hydroxylation is 1. The summed E-state index contributed by atoms with van der Waals surface area (Å²) in [5.41, 5.74) is 0.953. The van der Waals surface area contributed by atoms with Crippen molar-refractivity contribution in [1.29, 1.82) is 0 Å². The van der Waals surface area contributed by atoms with E-state index in [4.69, 9.17) is 0 Å². The van der Waals surface area contributed by atoms with E-state index in [-0.39, 0.29) is 16.4 Å². The third-order valence-corrected chi connectivity index (χ3v) is 7.74. The Hall–Kier alpha value is -1.18. The normalized spacial score (nSPS) is 24.8. The SMILES string of the molecule is C=CCNC1CS(=O)(=O)CC1S(=O)(=O)c1ccc(C)cc1. The molecule has 0 amide bonds. The average molecular weight is 329 g/mol. The summed E-state index contributed by atoms with van der Waals surface area (Å²) in [7, 11) is -7.03. The highest BCUT2D eigenvalue weighted by Gasteiger charge is 2.45. The van der Waals surface area contributed by atoms with Gasteiger partial charge >= 0.3 is 0 Å². The Labute approximate surface area is 125 Å². The second-order valence-corrected chi connectivity index (χ2v) is 9.60. The maximum atomic E-state index is 12.7. The van der Waals surface area contributed by atoms with Crippen LogP contribution >= 0.6 is 0 Å². The fraction of sp³-hybridized carbons (Fsp3) is 0.429. The molecule has 116 valence electrons. The zero-order valence-corrected chi connectivity index (χ0v) is 13.5. The molecule has 0 aliphatic carbocycles. The summed E-state index contributed by atoms with van der Waals surface area (Å²) in [5.74, 6) is -0.491. The molecule has 0 radical (unpaired) electrons. The number of sulfone groups is 2. The molecule has 1 aromatic rings. The summed E-state index contributed by atoms with van der Waals surface area (Å²) in [6, 6.07) is 5.88. The third kappa shape index (κ3) is 3.53. The lowest BCUT2D eigenvalue weighted by atomic mass is 10.2.